The largest absolute Gasteiger partial charge is 0.460 e. The zero-order valence-electron chi connectivity index (χ0n) is 5.02. The number of allylic oxidation sites excluding steroid dienone is 1. The van der Waals surface area contributed by atoms with Crippen LogP contribution in [0.5, 0.6) is 0 Å². The molecule has 0 bridgehead atoms. The number of rotatable bonds is 1. The van der Waals surface area contributed by atoms with E-state index in [4.69, 9.17) is 0 Å². The van der Waals surface area contributed by atoms with E-state index >= 15 is 0 Å². The van der Waals surface area contributed by atoms with Gasteiger partial charge < -0.3 is 0 Å². The molecule has 0 aromatic heterocycles. The molecule has 0 rings (SSSR count). The van der Waals surface area contributed by atoms with Gasteiger partial charge in [-0.2, -0.15) is 26.3 Å². The van der Waals surface area contributed by atoms with Crippen molar-refractivity contribution in [3.8, 4) is 0 Å². The van der Waals surface area contributed by atoms with Crippen LogP contribution in [0.2, 0.25) is 0 Å². The summed E-state index contributed by atoms with van der Waals surface area (Å²) in [6, 6.07) is 0. The highest BCUT2D eigenvalue weighted by Crippen LogP contribution is 2.43. The van der Waals surface area contributed by atoms with E-state index in [1.165, 1.54) is 0 Å². The molecule has 0 aliphatic heterocycles. The van der Waals surface area contributed by atoms with Crippen LogP contribution in [-0.2, 0) is 0 Å². The highest BCUT2D eigenvalue weighted by Gasteiger charge is 2.62. The average Bonchev–Trinajstić information content (AvgIpc) is 1.83. The van der Waals surface area contributed by atoms with Crippen LogP contribution >= 0.6 is 11.6 Å². The predicted molar refractivity (Wildman–Crippen MR) is 26.1 cm³/mol. The van der Waals surface area contributed by atoms with Gasteiger partial charge >= 0.3 is 12.1 Å². The van der Waals surface area contributed by atoms with Crippen LogP contribution in [-0.4, -0.2) is 12.1 Å². The molecule has 0 heterocycles. The highest BCUT2D eigenvalue weighted by molar-refractivity contribution is 6.28. The van der Waals surface area contributed by atoms with Crippen molar-refractivity contribution in [2.45, 2.75) is 12.1 Å². The second-order valence-electron chi connectivity index (χ2n) is 1.65. The van der Waals surface area contributed by atoms with Gasteiger partial charge in [-0.25, -0.2) is 4.39 Å². The predicted octanol–water partition coefficient (Wildman–Crippen LogP) is 3.53. The zero-order valence-corrected chi connectivity index (χ0v) is 5.78. The normalized spacial score (nSPS) is 16.0. The molecule has 12 heavy (non-hydrogen) atoms. The molecule has 8 heteroatoms. The zero-order chi connectivity index (χ0) is 10.2. The van der Waals surface area contributed by atoms with E-state index in [9.17, 15) is 30.7 Å². The molecule has 0 saturated carbocycles. The Balaban J connectivity index is 5.01. The Labute approximate surface area is 66.6 Å². The van der Waals surface area contributed by atoms with E-state index in [1.54, 1.807) is 0 Å². The number of alkyl halides is 5. The molecular formula is C4ClF7. The molecular weight excluding hydrogens is 216 g/mol. The van der Waals surface area contributed by atoms with Crippen molar-refractivity contribution in [3.05, 3.63) is 11.1 Å². The lowest BCUT2D eigenvalue weighted by Crippen LogP contribution is -2.37. The van der Waals surface area contributed by atoms with Gasteiger partial charge in [-0.3, -0.25) is 0 Å². The Bertz CT molecular complexity index is 198. The molecule has 0 aromatic rings. The maximum atomic E-state index is 11.7. The van der Waals surface area contributed by atoms with Crippen LogP contribution < -0.4 is 0 Å². The van der Waals surface area contributed by atoms with Gasteiger partial charge in [0.2, 0.25) is 11.1 Å². The second kappa shape index (κ2) is 3.12. The highest BCUT2D eigenvalue weighted by atomic mass is 35.5. The fourth-order valence-corrected chi connectivity index (χ4v) is 0.362. The van der Waals surface area contributed by atoms with Gasteiger partial charge in [-0.1, -0.05) is 0 Å². The third-order valence-corrected chi connectivity index (χ3v) is 0.964. The fraction of sp³-hybridized carbons (Fsp3) is 0.500. The van der Waals surface area contributed by atoms with Gasteiger partial charge in [0, 0.05) is 0 Å². The number of hydrogen-bond acceptors (Lipinski definition) is 0. The van der Waals surface area contributed by atoms with Crippen LogP contribution in [0, 0.1) is 0 Å². The van der Waals surface area contributed by atoms with Crippen molar-refractivity contribution >= 4 is 11.6 Å². The minimum atomic E-state index is -6.19. The number of halogens is 8. The van der Waals surface area contributed by atoms with Crippen molar-refractivity contribution in [2.24, 2.45) is 0 Å². The Morgan fingerprint density at radius 2 is 1.25 bits per heavy atom. The molecule has 0 aromatic carbocycles. The molecule has 0 atom stereocenters. The first-order chi connectivity index (χ1) is 5.10. The first-order valence-electron chi connectivity index (χ1n) is 2.26. The van der Waals surface area contributed by atoms with E-state index in [0.29, 0.717) is 0 Å². The summed E-state index contributed by atoms with van der Waals surface area (Å²) in [5.74, 6) is -9.21. The van der Waals surface area contributed by atoms with Gasteiger partial charge in [0.1, 0.15) is 0 Å². The lowest BCUT2D eigenvalue weighted by molar-refractivity contribution is -0.271. The van der Waals surface area contributed by atoms with Crippen molar-refractivity contribution in [3.63, 3.8) is 0 Å². The average molecular weight is 216 g/mol. The summed E-state index contributed by atoms with van der Waals surface area (Å²) in [7, 11) is 0. The Kier molecular flexibility index (Phi) is 3.00. The van der Waals surface area contributed by atoms with E-state index in [0.717, 1.165) is 0 Å². The molecule has 0 radical (unpaired) electrons. The summed E-state index contributed by atoms with van der Waals surface area (Å²) in [6.45, 7) is 0. The van der Waals surface area contributed by atoms with Crippen LogP contribution in [0.4, 0.5) is 30.7 Å². The SMILES string of the molecule is F/C(Cl)=C(/F)C(F)(F)C(F)(F)F. The molecule has 0 fully saturated rings. The maximum absolute atomic E-state index is 11.7. The Hall–Kier alpha value is -0.460. The van der Waals surface area contributed by atoms with E-state index < -0.39 is 23.2 Å². The van der Waals surface area contributed by atoms with Gasteiger partial charge in [-0.15, -0.1) is 0 Å². The molecule has 0 nitrogen and oxygen atoms in total. The molecule has 0 aliphatic carbocycles. The molecule has 0 amide bonds. The van der Waals surface area contributed by atoms with Crippen LogP contribution in [0.1, 0.15) is 0 Å². The monoisotopic (exact) mass is 216 g/mol. The summed E-state index contributed by atoms with van der Waals surface area (Å²) in [4.78, 5) is 0. The van der Waals surface area contributed by atoms with Crippen LogP contribution in [0.15, 0.2) is 11.1 Å². The topological polar surface area (TPSA) is 0 Å². The lowest BCUT2D eigenvalue weighted by atomic mass is 10.3. The van der Waals surface area contributed by atoms with Crippen molar-refractivity contribution in [1.82, 2.24) is 0 Å². The molecule has 0 aliphatic rings. The molecule has 72 valence electrons. The minimum absolute atomic E-state index is 2.71. The van der Waals surface area contributed by atoms with E-state index in [1.807, 2.05) is 0 Å². The summed E-state index contributed by atoms with van der Waals surface area (Å²) in [5, 5.41) is -2.71. The van der Waals surface area contributed by atoms with Gasteiger partial charge in [-0.05, 0) is 11.6 Å². The second-order valence-corrected chi connectivity index (χ2v) is 1.98. The maximum Gasteiger partial charge on any atom is 0.460 e. The first-order valence-corrected chi connectivity index (χ1v) is 2.64. The lowest BCUT2D eigenvalue weighted by Gasteiger charge is -2.16. The van der Waals surface area contributed by atoms with Crippen LogP contribution in [0.3, 0.4) is 0 Å². The first kappa shape index (κ1) is 11.5. The summed E-state index contributed by atoms with van der Waals surface area (Å²) in [6.07, 6.45) is -6.19. The van der Waals surface area contributed by atoms with E-state index in [-0.39, 0.29) is 0 Å². The van der Waals surface area contributed by atoms with Crippen molar-refractivity contribution in [1.29, 1.82) is 0 Å². The molecule has 0 saturated heterocycles. The van der Waals surface area contributed by atoms with Crippen LogP contribution in [0.25, 0.3) is 0 Å². The third kappa shape index (κ3) is 2.02. The van der Waals surface area contributed by atoms with E-state index in [2.05, 4.69) is 11.6 Å². The Morgan fingerprint density at radius 1 is 0.917 bits per heavy atom. The van der Waals surface area contributed by atoms with Crippen molar-refractivity contribution < 1.29 is 30.7 Å². The smallest absolute Gasteiger partial charge is 0.200 e. The summed E-state index contributed by atoms with van der Waals surface area (Å²) < 4.78 is 80.1. The summed E-state index contributed by atoms with van der Waals surface area (Å²) in [5.41, 5.74) is 0. The third-order valence-electron chi connectivity index (χ3n) is 0.798. The fourth-order valence-electron chi connectivity index (χ4n) is 0.243. The minimum Gasteiger partial charge on any atom is -0.200 e. The quantitative estimate of drug-likeness (QED) is 0.588. The van der Waals surface area contributed by atoms with Crippen molar-refractivity contribution in [2.75, 3.05) is 0 Å². The standard InChI is InChI=1S/C4ClF7/c5-2(7)1(6)3(8,9)4(10,11)12/b2-1+. The number of hydrogen-bond donors (Lipinski definition) is 0. The molecule has 0 spiro atoms. The summed E-state index contributed by atoms with van der Waals surface area (Å²) >= 11 is 3.98. The van der Waals surface area contributed by atoms with Gasteiger partial charge in [0.05, 0.1) is 0 Å². The van der Waals surface area contributed by atoms with Gasteiger partial charge in [0.15, 0.2) is 0 Å². The molecule has 0 unspecified atom stereocenters. The molecule has 0 N–H and O–H groups in total. The Morgan fingerprint density at radius 3 is 1.33 bits per heavy atom. The van der Waals surface area contributed by atoms with Gasteiger partial charge in [0.25, 0.3) is 0 Å².